The van der Waals surface area contributed by atoms with E-state index in [0.29, 0.717) is 5.92 Å². The normalized spacial score (nSPS) is 19.6. The molecule has 0 fully saturated rings. The molecule has 1 aliphatic heterocycles. The molecule has 1 atom stereocenters. The molecular weight excluding hydrogens is 472 g/mol. The van der Waals surface area contributed by atoms with Gasteiger partial charge in [0.15, 0.2) is 0 Å². The summed E-state index contributed by atoms with van der Waals surface area (Å²) in [6.45, 7) is 11.9. The molecule has 0 aromatic heterocycles. The second kappa shape index (κ2) is 9.24. The number of likely N-dealkylation sites (N-methyl/N-ethyl adjacent to an activating group) is 1. The topological polar surface area (TPSA) is 30.9 Å². The fourth-order valence-corrected chi connectivity index (χ4v) is 7.62. The van der Waals surface area contributed by atoms with E-state index in [1.54, 1.807) is 11.1 Å². The number of quaternary nitrogens is 1. The number of benzene rings is 4. The highest BCUT2D eigenvalue weighted by molar-refractivity contribution is 5.95. The molecule has 198 valence electrons. The summed E-state index contributed by atoms with van der Waals surface area (Å²) in [7, 11) is 2.21. The van der Waals surface area contributed by atoms with E-state index in [4.69, 9.17) is 0 Å². The lowest BCUT2D eigenvalue weighted by Gasteiger charge is -2.29. The summed E-state index contributed by atoms with van der Waals surface area (Å²) in [5, 5.41) is 5.33. The number of hydrogen-bond acceptors (Lipinski definition) is 1. The van der Waals surface area contributed by atoms with E-state index in [1.165, 1.54) is 44.1 Å². The molecule has 0 saturated heterocycles. The van der Waals surface area contributed by atoms with Gasteiger partial charge in [0.05, 0.1) is 0 Å². The van der Waals surface area contributed by atoms with Crippen LogP contribution >= 0.6 is 0 Å². The molecule has 6 rings (SSSR count). The Labute approximate surface area is 233 Å². The van der Waals surface area contributed by atoms with Gasteiger partial charge in [-0.25, -0.2) is 0 Å². The van der Waals surface area contributed by atoms with Crippen LogP contribution in [0.25, 0.3) is 21.5 Å². The molecule has 39 heavy (non-hydrogen) atoms. The van der Waals surface area contributed by atoms with Crippen molar-refractivity contribution in [3.8, 4) is 0 Å². The monoisotopic (exact) mass is 513 g/mol. The van der Waals surface area contributed by atoms with E-state index in [0.717, 1.165) is 18.5 Å². The summed E-state index contributed by atoms with van der Waals surface area (Å²) in [5.74, 6) is 0.526. The van der Waals surface area contributed by atoms with Gasteiger partial charge in [0.25, 0.3) is 0 Å². The number of nitrogens with zero attached hydrogens (tertiary/aromatic N) is 1. The van der Waals surface area contributed by atoms with Gasteiger partial charge in [-0.15, -0.1) is 0 Å². The highest BCUT2D eigenvalue weighted by Crippen LogP contribution is 2.56. The summed E-state index contributed by atoms with van der Waals surface area (Å²) < 4.78 is 0. The zero-order valence-electron chi connectivity index (χ0n) is 24.3. The van der Waals surface area contributed by atoms with Crippen LogP contribution in [-0.2, 0) is 10.8 Å². The summed E-state index contributed by atoms with van der Waals surface area (Å²) in [5.41, 5.74) is 14.3. The van der Waals surface area contributed by atoms with Gasteiger partial charge in [0, 0.05) is 40.7 Å². The Morgan fingerprint density at radius 2 is 1.54 bits per heavy atom. The van der Waals surface area contributed by atoms with Crippen molar-refractivity contribution >= 4 is 32.9 Å². The van der Waals surface area contributed by atoms with Crippen LogP contribution in [-0.4, -0.2) is 7.05 Å². The van der Waals surface area contributed by atoms with Crippen molar-refractivity contribution in [1.29, 1.82) is 0 Å². The van der Waals surface area contributed by atoms with Crippen LogP contribution in [0.5, 0.6) is 0 Å². The van der Waals surface area contributed by atoms with Crippen molar-refractivity contribution in [3.05, 3.63) is 119 Å². The Morgan fingerprint density at radius 3 is 2.28 bits per heavy atom. The lowest BCUT2D eigenvalue weighted by molar-refractivity contribution is -0.256. The third-order valence-electron chi connectivity index (χ3n) is 9.45. The minimum Gasteiger partial charge on any atom is -0.347 e. The SMILES string of the molecule is CC1=C(CCC=CC=C2N(C)c3ccc4ccccc4c3C2(C)C)C1C(C)(C)c1c([NH3+])ccc2ccccc12. The van der Waals surface area contributed by atoms with Gasteiger partial charge < -0.3 is 10.6 Å². The van der Waals surface area contributed by atoms with Crippen molar-refractivity contribution in [2.45, 2.75) is 58.3 Å². The summed E-state index contributed by atoms with van der Waals surface area (Å²) in [4.78, 5) is 2.37. The molecule has 0 bridgehead atoms. The molecule has 4 aromatic rings. The molecule has 0 amide bonds. The Kier molecular flexibility index (Phi) is 6.08. The molecule has 1 aliphatic carbocycles. The van der Waals surface area contributed by atoms with Crippen LogP contribution < -0.4 is 10.6 Å². The van der Waals surface area contributed by atoms with Gasteiger partial charge in [-0.1, -0.05) is 106 Å². The molecule has 2 aliphatic rings. The fourth-order valence-electron chi connectivity index (χ4n) is 7.62. The summed E-state index contributed by atoms with van der Waals surface area (Å²) >= 11 is 0. The van der Waals surface area contributed by atoms with Gasteiger partial charge in [-0.2, -0.15) is 0 Å². The number of anilines is 1. The Hall–Kier alpha value is -3.62. The van der Waals surface area contributed by atoms with Gasteiger partial charge >= 0.3 is 0 Å². The summed E-state index contributed by atoms with van der Waals surface area (Å²) in [6.07, 6.45) is 9.15. The van der Waals surface area contributed by atoms with Crippen molar-refractivity contribution in [3.63, 3.8) is 0 Å². The Balaban J connectivity index is 1.17. The first-order valence-corrected chi connectivity index (χ1v) is 14.3. The van der Waals surface area contributed by atoms with E-state index < -0.39 is 0 Å². The minimum absolute atomic E-state index is 0.0359. The highest BCUT2D eigenvalue weighted by Gasteiger charge is 2.46. The molecule has 2 nitrogen and oxygen atoms in total. The number of allylic oxidation sites excluding steroid dienone is 6. The maximum Gasteiger partial charge on any atom is 0.132 e. The van der Waals surface area contributed by atoms with E-state index in [2.05, 4.69) is 143 Å². The summed E-state index contributed by atoms with van der Waals surface area (Å²) in [6, 6.07) is 26.4. The van der Waals surface area contributed by atoms with Gasteiger partial charge in [0.2, 0.25) is 0 Å². The average molecular weight is 514 g/mol. The zero-order chi connectivity index (χ0) is 27.5. The lowest BCUT2D eigenvalue weighted by atomic mass is 9.74. The smallest absolute Gasteiger partial charge is 0.132 e. The fraction of sp³-hybridized carbons (Fsp3) is 0.297. The van der Waals surface area contributed by atoms with Crippen LogP contribution in [0.4, 0.5) is 11.4 Å². The Morgan fingerprint density at radius 1 is 0.897 bits per heavy atom. The first-order valence-electron chi connectivity index (χ1n) is 14.3. The van der Waals surface area contributed by atoms with Crippen LogP contribution in [0.3, 0.4) is 0 Å². The van der Waals surface area contributed by atoms with Crippen molar-refractivity contribution in [2.75, 3.05) is 11.9 Å². The van der Waals surface area contributed by atoms with Crippen molar-refractivity contribution in [2.24, 2.45) is 5.92 Å². The third kappa shape index (κ3) is 4.05. The first-order chi connectivity index (χ1) is 18.6. The van der Waals surface area contributed by atoms with E-state index in [-0.39, 0.29) is 10.8 Å². The van der Waals surface area contributed by atoms with E-state index >= 15 is 0 Å². The maximum absolute atomic E-state index is 4.43. The second-order valence-electron chi connectivity index (χ2n) is 12.6. The second-order valence-corrected chi connectivity index (χ2v) is 12.6. The largest absolute Gasteiger partial charge is 0.347 e. The van der Waals surface area contributed by atoms with E-state index in [1.807, 2.05) is 0 Å². The molecule has 2 heteroatoms. The molecule has 4 aromatic carbocycles. The van der Waals surface area contributed by atoms with Crippen LogP contribution in [0.2, 0.25) is 0 Å². The molecular formula is C37H41N2+. The average Bonchev–Trinajstić information content (AvgIpc) is 3.53. The minimum atomic E-state index is -0.0373. The van der Waals surface area contributed by atoms with Gasteiger partial charge in [-0.3, -0.25) is 0 Å². The standard InChI is InChI=1S/C37H40N2/c1-24-27(33(24)37(4,5)34-28-17-12-10-14-25(28)20-22-30(34)38)16-8-7-9-19-32-36(2,3)35-29-18-13-11-15-26(29)21-23-31(35)39(32)6/h7,9-15,17-23,33H,8,16,38H2,1-6H3/p+1. The highest BCUT2D eigenvalue weighted by atomic mass is 15.2. The van der Waals surface area contributed by atoms with Crippen LogP contribution in [0, 0.1) is 5.92 Å². The van der Waals surface area contributed by atoms with Crippen molar-refractivity contribution in [1.82, 2.24) is 0 Å². The van der Waals surface area contributed by atoms with Crippen molar-refractivity contribution < 1.29 is 5.73 Å². The van der Waals surface area contributed by atoms with Crippen LogP contribution in [0.1, 0.15) is 58.6 Å². The lowest BCUT2D eigenvalue weighted by Crippen LogP contribution is -2.44. The molecule has 0 radical (unpaired) electrons. The van der Waals surface area contributed by atoms with Gasteiger partial charge in [-0.05, 0) is 71.1 Å². The zero-order valence-corrected chi connectivity index (χ0v) is 24.3. The molecule has 1 unspecified atom stereocenters. The van der Waals surface area contributed by atoms with E-state index in [9.17, 15) is 0 Å². The number of rotatable bonds is 6. The molecule has 0 saturated carbocycles. The quantitative estimate of drug-likeness (QED) is 0.257. The predicted molar refractivity (Wildman–Crippen MR) is 168 cm³/mol. The number of hydrogen-bond donors (Lipinski definition) is 1. The molecule has 0 spiro atoms. The molecule has 1 heterocycles. The van der Waals surface area contributed by atoms with Gasteiger partial charge in [0.1, 0.15) is 5.69 Å². The third-order valence-corrected chi connectivity index (χ3v) is 9.45. The Bertz CT molecular complexity index is 1700. The van der Waals surface area contributed by atoms with Crippen LogP contribution in [0.15, 0.2) is 108 Å². The molecule has 3 N–H and O–H groups in total. The predicted octanol–water partition coefficient (Wildman–Crippen LogP) is 8.74. The maximum atomic E-state index is 4.43. The first kappa shape index (κ1) is 25.6. The number of fused-ring (bicyclic) bond motifs is 4.